The predicted octanol–water partition coefficient (Wildman–Crippen LogP) is 2.89. The number of alkyl halides is 3. The molecule has 0 heterocycles. The summed E-state index contributed by atoms with van der Waals surface area (Å²) in [6.07, 6.45) is 0.961. The van der Waals surface area contributed by atoms with Crippen LogP contribution in [0.5, 0.6) is 0 Å². The van der Waals surface area contributed by atoms with Crippen LogP contribution < -0.4 is 0 Å². The minimum atomic E-state index is -5.50. The molecule has 0 radical (unpaired) electrons. The number of fused-ring (bicyclic) bond motifs is 2. The highest BCUT2D eigenvalue weighted by Crippen LogP contribution is 2.53. The van der Waals surface area contributed by atoms with Gasteiger partial charge in [-0.05, 0) is 56.8 Å². The molecule has 3 fully saturated rings. The second-order valence-corrected chi connectivity index (χ2v) is 9.86. The van der Waals surface area contributed by atoms with Crippen molar-refractivity contribution in [2.24, 2.45) is 23.7 Å². The average molecular weight is 442 g/mol. The van der Waals surface area contributed by atoms with Crippen LogP contribution >= 0.6 is 0 Å². The van der Waals surface area contributed by atoms with Gasteiger partial charge in [0.25, 0.3) is 10.1 Å². The highest BCUT2D eigenvalue weighted by molar-refractivity contribution is 7.86. The molecule has 1 N–H and O–H groups in total. The minimum Gasteiger partial charge on any atom is -0.464 e. The van der Waals surface area contributed by atoms with Gasteiger partial charge in [0.05, 0.1) is 11.8 Å². The first-order valence-electron chi connectivity index (χ1n) is 9.88. The van der Waals surface area contributed by atoms with Gasteiger partial charge in [0.2, 0.25) is 5.25 Å². The smallest absolute Gasteiger partial charge is 0.411 e. The van der Waals surface area contributed by atoms with Crippen LogP contribution in [0.25, 0.3) is 0 Å². The topological polar surface area (TPSA) is 107 Å². The third-order valence-corrected chi connectivity index (χ3v) is 7.52. The second kappa shape index (κ2) is 8.41. The summed E-state index contributed by atoms with van der Waals surface area (Å²) in [5.74, 6) is -3.58. The highest BCUT2D eigenvalue weighted by atomic mass is 32.2. The zero-order chi connectivity index (χ0) is 21.4. The lowest BCUT2D eigenvalue weighted by Crippen LogP contribution is -2.43. The van der Waals surface area contributed by atoms with Crippen molar-refractivity contribution in [1.82, 2.24) is 0 Å². The molecule has 3 aliphatic rings. The molecule has 0 aliphatic heterocycles. The number of rotatable bonds is 6. The lowest BCUT2D eigenvalue weighted by atomic mass is 9.79. The van der Waals surface area contributed by atoms with Crippen LogP contribution in [0.2, 0.25) is 0 Å². The van der Waals surface area contributed by atoms with Crippen molar-refractivity contribution in [3.8, 4) is 0 Å². The summed E-state index contributed by atoms with van der Waals surface area (Å²) in [5, 5.41) is -3.22. The summed E-state index contributed by atoms with van der Waals surface area (Å²) in [7, 11) is -5.50. The Labute approximate surface area is 167 Å². The molecule has 29 heavy (non-hydrogen) atoms. The van der Waals surface area contributed by atoms with Gasteiger partial charge in [-0.1, -0.05) is 6.42 Å². The van der Waals surface area contributed by atoms with E-state index in [1.54, 1.807) is 0 Å². The molecule has 0 spiro atoms. The molecule has 11 heteroatoms. The van der Waals surface area contributed by atoms with Crippen LogP contribution in [0, 0.1) is 23.7 Å². The Morgan fingerprint density at radius 3 is 2.03 bits per heavy atom. The normalized spacial score (nSPS) is 31.4. The zero-order valence-corrected chi connectivity index (χ0v) is 16.6. The molecule has 5 unspecified atom stereocenters. The third-order valence-electron chi connectivity index (χ3n) is 6.40. The lowest BCUT2D eigenvalue weighted by Gasteiger charge is -2.30. The Morgan fingerprint density at radius 2 is 1.52 bits per heavy atom. The first kappa shape index (κ1) is 22.3. The van der Waals surface area contributed by atoms with Crippen molar-refractivity contribution in [1.29, 1.82) is 0 Å². The summed E-state index contributed by atoms with van der Waals surface area (Å²) in [4.78, 5) is 25.3. The highest BCUT2D eigenvalue weighted by Gasteiger charge is 2.56. The molecule has 2 bridgehead atoms. The van der Waals surface area contributed by atoms with Crippen molar-refractivity contribution in [2.45, 2.75) is 68.9 Å². The third kappa shape index (κ3) is 5.04. The Bertz CT molecular complexity index is 730. The van der Waals surface area contributed by atoms with E-state index < -0.39 is 51.9 Å². The standard InChI is InChI=1S/C18H25F3O7S/c19-18(20,21)13(29(24,25)26)9-27-16(22)14-10-6-7-11(8-10)15(14)17(23)28-12-4-2-1-3-5-12/h10-15H,1-9H2,(H,24,25,26). The fraction of sp³-hybridized carbons (Fsp3) is 0.889. The largest absolute Gasteiger partial charge is 0.464 e. The summed E-state index contributed by atoms with van der Waals surface area (Å²) in [5.41, 5.74) is 0. The van der Waals surface area contributed by atoms with Gasteiger partial charge < -0.3 is 9.47 Å². The molecule has 7 nitrogen and oxygen atoms in total. The first-order valence-corrected chi connectivity index (χ1v) is 11.4. The SMILES string of the molecule is O=C(OCC(C(F)(F)F)S(=O)(=O)O)C1C2CCC(C2)C1C(=O)OC1CCCCC1. The van der Waals surface area contributed by atoms with Crippen LogP contribution in [0.3, 0.4) is 0 Å². The first-order chi connectivity index (χ1) is 13.5. The monoisotopic (exact) mass is 442 g/mol. The van der Waals surface area contributed by atoms with E-state index in [9.17, 15) is 31.2 Å². The summed E-state index contributed by atoms with van der Waals surface area (Å²) in [6, 6.07) is 0. The minimum absolute atomic E-state index is 0.0892. The van der Waals surface area contributed by atoms with E-state index in [-0.39, 0.29) is 17.9 Å². The Balaban J connectivity index is 1.67. The van der Waals surface area contributed by atoms with E-state index in [1.807, 2.05) is 0 Å². The number of esters is 2. The molecule has 3 aliphatic carbocycles. The van der Waals surface area contributed by atoms with Gasteiger partial charge >= 0.3 is 18.1 Å². The molecule has 3 saturated carbocycles. The van der Waals surface area contributed by atoms with Gasteiger partial charge in [-0.25, -0.2) is 0 Å². The lowest BCUT2D eigenvalue weighted by molar-refractivity contribution is -0.172. The van der Waals surface area contributed by atoms with Gasteiger partial charge in [-0.3, -0.25) is 14.1 Å². The summed E-state index contributed by atoms with van der Waals surface area (Å²) < 4.78 is 79.6. The van der Waals surface area contributed by atoms with Crippen molar-refractivity contribution in [2.75, 3.05) is 6.61 Å². The number of ether oxygens (including phenoxy) is 2. The van der Waals surface area contributed by atoms with Crippen molar-refractivity contribution < 1.29 is 45.2 Å². The van der Waals surface area contributed by atoms with Gasteiger partial charge in [-0.15, -0.1) is 0 Å². The molecule has 166 valence electrons. The molecular formula is C18H25F3O7S. The van der Waals surface area contributed by atoms with Gasteiger partial charge in [-0.2, -0.15) is 21.6 Å². The Morgan fingerprint density at radius 1 is 0.966 bits per heavy atom. The van der Waals surface area contributed by atoms with Gasteiger partial charge in [0.1, 0.15) is 12.7 Å². The Hall–Kier alpha value is -1.36. The maximum absolute atomic E-state index is 12.9. The van der Waals surface area contributed by atoms with Crippen LogP contribution in [0.15, 0.2) is 0 Å². The van der Waals surface area contributed by atoms with Gasteiger partial charge in [0, 0.05) is 0 Å². The Kier molecular flexibility index (Phi) is 6.47. The zero-order valence-electron chi connectivity index (χ0n) is 15.8. The summed E-state index contributed by atoms with van der Waals surface area (Å²) >= 11 is 0. The maximum Gasteiger partial charge on any atom is 0.411 e. The number of carbonyl (C=O) groups is 2. The fourth-order valence-electron chi connectivity index (χ4n) is 5.00. The fourth-order valence-corrected chi connectivity index (χ4v) is 5.58. The van der Waals surface area contributed by atoms with Crippen LogP contribution in [0.4, 0.5) is 13.2 Å². The molecule has 0 aromatic carbocycles. The van der Waals surface area contributed by atoms with E-state index in [1.165, 1.54) is 0 Å². The number of halogens is 3. The molecule has 0 saturated heterocycles. The van der Waals surface area contributed by atoms with Crippen molar-refractivity contribution in [3.05, 3.63) is 0 Å². The number of hydrogen-bond acceptors (Lipinski definition) is 6. The molecule has 0 aromatic heterocycles. The number of carbonyl (C=O) groups excluding carboxylic acids is 2. The maximum atomic E-state index is 12.9. The molecule has 3 rings (SSSR count). The second-order valence-electron chi connectivity index (χ2n) is 8.26. The van der Waals surface area contributed by atoms with E-state index in [2.05, 4.69) is 4.74 Å². The van der Waals surface area contributed by atoms with E-state index in [4.69, 9.17) is 9.29 Å². The average Bonchev–Trinajstić information content (AvgIpc) is 3.21. The molecular weight excluding hydrogens is 417 g/mol. The van der Waals surface area contributed by atoms with E-state index >= 15 is 0 Å². The van der Waals surface area contributed by atoms with Crippen LogP contribution in [-0.2, 0) is 29.2 Å². The van der Waals surface area contributed by atoms with Crippen LogP contribution in [-0.4, -0.2) is 49.0 Å². The van der Waals surface area contributed by atoms with Crippen LogP contribution in [0.1, 0.15) is 51.4 Å². The van der Waals surface area contributed by atoms with E-state index in [0.29, 0.717) is 12.8 Å². The molecule has 0 aromatic rings. The molecule has 5 atom stereocenters. The van der Waals surface area contributed by atoms with Crippen molar-refractivity contribution in [3.63, 3.8) is 0 Å². The van der Waals surface area contributed by atoms with E-state index in [0.717, 1.165) is 38.5 Å². The van der Waals surface area contributed by atoms with Crippen molar-refractivity contribution >= 4 is 22.1 Å². The summed E-state index contributed by atoms with van der Waals surface area (Å²) in [6.45, 7) is -1.54. The predicted molar refractivity (Wildman–Crippen MR) is 93.1 cm³/mol. The van der Waals surface area contributed by atoms with Gasteiger partial charge in [0.15, 0.2) is 0 Å². The number of hydrogen-bond donors (Lipinski definition) is 1. The molecule has 0 amide bonds. The quantitative estimate of drug-likeness (QED) is 0.498.